The highest BCUT2D eigenvalue weighted by Crippen LogP contribution is 2.28. The molecule has 2 aromatic carbocycles. The van der Waals surface area contributed by atoms with Gasteiger partial charge in [-0.2, -0.15) is 4.31 Å². The molecule has 1 fully saturated rings. The summed E-state index contributed by atoms with van der Waals surface area (Å²) in [6, 6.07) is 9.98. The van der Waals surface area contributed by atoms with Crippen LogP contribution in [0.4, 0.5) is 0 Å². The normalized spacial score (nSPS) is 14.5. The lowest BCUT2D eigenvalue weighted by atomic mass is 10.1. The Hall–Kier alpha value is -2.10. The molecule has 0 aromatic heterocycles. The van der Waals surface area contributed by atoms with Gasteiger partial charge in [0.25, 0.3) is 5.91 Å². The molecule has 0 radical (unpaired) electrons. The molecule has 30 heavy (non-hydrogen) atoms. The van der Waals surface area contributed by atoms with E-state index < -0.39 is 10.0 Å². The molecule has 1 heterocycles. The van der Waals surface area contributed by atoms with Gasteiger partial charge in [0.1, 0.15) is 11.5 Å². The van der Waals surface area contributed by atoms with Crippen molar-refractivity contribution in [1.29, 1.82) is 0 Å². The maximum absolute atomic E-state index is 13.1. The standard InChI is InChI=1S/C21H25BrN2O5S/c1-23(14-15-6-7-16(28-2)12-20(15)29-3)21(25)18-13-17(8-9-19(18)22)30(26,27)24-10-4-5-11-24/h6-9,12-13H,4-5,10-11,14H2,1-3H3. The van der Waals surface area contributed by atoms with E-state index >= 15 is 0 Å². The highest BCUT2D eigenvalue weighted by Gasteiger charge is 2.28. The van der Waals surface area contributed by atoms with Gasteiger partial charge in [-0.15, -0.1) is 0 Å². The predicted octanol–water partition coefficient (Wildman–Crippen LogP) is 3.52. The maximum Gasteiger partial charge on any atom is 0.255 e. The largest absolute Gasteiger partial charge is 0.497 e. The number of carbonyl (C=O) groups excluding carboxylic acids is 1. The zero-order chi connectivity index (χ0) is 21.9. The monoisotopic (exact) mass is 496 g/mol. The van der Waals surface area contributed by atoms with E-state index in [9.17, 15) is 13.2 Å². The third-order valence-electron chi connectivity index (χ3n) is 5.12. The van der Waals surface area contributed by atoms with Crippen molar-refractivity contribution in [2.45, 2.75) is 24.3 Å². The van der Waals surface area contributed by atoms with Crippen LogP contribution in [-0.2, 0) is 16.6 Å². The molecule has 1 aliphatic rings. The molecule has 0 spiro atoms. The lowest BCUT2D eigenvalue weighted by Gasteiger charge is -2.21. The molecule has 0 unspecified atom stereocenters. The van der Waals surface area contributed by atoms with E-state index in [2.05, 4.69) is 15.9 Å². The fourth-order valence-electron chi connectivity index (χ4n) is 3.42. The van der Waals surface area contributed by atoms with Crippen molar-refractivity contribution in [2.24, 2.45) is 0 Å². The van der Waals surface area contributed by atoms with Gasteiger partial charge in [-0.25, -0.2) is 8.42 Å². The number of hydrogen-bond acceptors (Lipinski definition) is 5. The van der Waals surface area contributed by atoms with Crippen molar-refractivity contribution in [3.63, 3.8) is 0 Å². The van der Waals surface area contributed by atoms with Gasteiger partial charge >= 0.3 is 0 Å². The second kappa shape index (κ2) is 9.36. The number of methoxy groups -OCH3 is 2. The van der Waals surface area contributed by atoms with E-state index in [-0.39, 0.29) is 10.8 Å². The van der Waals surface area contributed by atoms with E-state index in [0.717, 1.165) is 18.4 Å². The Morgan fingerprint density at radius 3 is 2.43 bits per heavy atom. The van der Waals surface area contributed by atoms with Crippen molar-refractivity contribution >= 4 is 31.9 Å². The molecular formula is C21H25BrN2O5S. The van der Waals surface area contributed by atoms with E-state index in [1.165, 1.54) is 21.3 Å². The third-order valence-corrected chi connectivity index (χ3v) is 7.71. The van der Waals surface area contributed by atoms with E-state index in [1.54, 1.807) is 39.5 Å². The molecule has 1 amide bonds. The summed E-state index contributed by atoms with van der Waals surface area (Å²) in [5.41, 5.74) is 1.11. The van der Waals surface area contributed by atoms with Crippen LogP contribution in [0.3, 0.4) is 0 Å². The Kier molecular flexibility index (Phi) is 7.05. The Morgan fingerprint density at radius 2 is 1.80 bits per heavy atom. The van der Waals surface area contributed by atoms with Gasteiger partial charge in [-0.3, -0.25) is 4.79 Å². The molecule has 1 saturated heterocycles. The number of hydrogen-bond donors (Lipinski definition) is 0. The highest BCUT2D eigenvalue weighted by atomic mass is 79.9. The molecule has 162 valence electrons. The van der Waals surface area contributed by atoms with Crippen LogP contribution < -0.4 is 9.47 Å². The number of benzene rings is 2. The fourth-order valence-corrected chi connectivity index (χ4v) is 5.38. The quantitative estimate of drug-likeness (QED) is 0.585. The van der Waals surface area contributed by atoms with Gasteiger partial charge in [0.15, 0.2) is 0 Å². The Morgan fingerprint density at radius 1 is 1.10 bits per heavy atom. The van der Waals surface area contributed by atoms with E-state index in [4.69, 9.17) is 9.47 Å². The second-order valence-corrected chi connectivity index (χ2v) is 9.88. The smallest absolute Gasteiger partial charge is 0.255 e. The number of nitrogens with zero attached hydrogens (tertiary/aromatic N) is 2. The summed E-state index contributed by atoms with van der Waals surface area (Å²) in [5, 5.41) is 0. The van der Waals surface area contributed by atoms with Crippen molar-refractivity contribution in [3.05, 3.63) is 52.0 Å². The molecule has 2 aromatic rings. The molecular weight excluding hydrogens is 472 g/mol. The van der Waals surface area contributed by atoms with Gasteiger partial charge in [0.2, 0.25) is 10.0 Å². The molecule has 0 bridgehead atoms. The Labute approximate surface area is 185 Å². The summed E-state index contributed by atoms with van der Waals surface area (Å²) >= 11 is 3.38. The van der Waals surface area contributed by atoms with Crippen molar-refractivity contribution in [1.82, 2.24) is 9.21 Å². The summed E-state index contributed by atoms with van der Waals surface area (Å²) in [6.07, 6.45) is 1.71. The summed E-state index contributed by atoms with van der Waals surface area (Å²) < 4.78 is 38.4. The molecule has 0 aliphatic carbocycles. The summed E-state index contributed by atoms with van der Waals surface area (Å²) in [6.45, 7) is 1.32. The zero-order valence-corrected chi connectivity index (χ0v) is 19.6. The lowest BCUT2D eigenvalue weighted by Crippen LogP contribution is -2.29. The number of sulfonamides is 1. The first kappa shape index (κ1) is 22.6. The van der Waals surface area contributed by atoms with Crippen LogP contribution in [0.15, 0.2) is 45.8 Å². The average Bonchev–Trinajstić information content (AvgIpc) is 3.29. The van der Waals surface area contributed by atoms with Gasteiger partial charge in [0, 0.05) is 42.8 Å². The van der Waals surface area contributed by atoms with Gasteiger partial charge in [-0.05, 0) is 59.1 Å². The van der Waals surface area contributed by atoms with Gasteiger partial charge in [0.05, 0.1) is 24.7 Å². The average molecular weight is 497 g/mol. The van der Waals surface area contributed by atoms with E-state index in [0.29, 0.717) is 41.2 Å². The first-order valence-corrected chi connectivity index (χ1v) is 11.8. The minimum absolute atomic E-state index is 0.131. The topological polar surface area (TPSA) is 76.2 Å². The summed E-state index contributed by atoms with van der Waals surface area (Å²) in [7, 11) is 1.19. The fraction of sp³-hybridized carbons (Fsp3) is 0.381. The zero-order valence-electron chi connectivity index (χ0n) is 17.2. The number of ether oxygens (including phenoxy) is 2. The van der Waals surface area contributed by atoms with Crippen LogP contribution in [0, 0.1) is 0 Å². The third kappa shape index (κ3) is 4.63. The SMILES string of the molecule is COc1ccc(CN(C)C(=O)c2cc(S(=O)(=O)N3CCCC3)ccc2Br)c(OC)c1. The predicted molar refractivity (Wildman–Crippen MR) is 117 cm³/mol. The number of rotatable bonds is 7. The first-order valence-electron chi connectivity index (χ1n) is 9.54. The van der Waals surface area contributed by atoms with Crippen molar-refractivity contribution in [3.8, 4) is 11.5 Å². The molecule has 1 aliphatic heterocycles. The first-order chi connectivity index (χ1) is 14.3. The maximum atomic E-state index is 13.1. The van der Waals surface area contributed by atoms with Crippen molar-refractivity contribution in [2.75, 3.05) is 34.4 Å². The van der Waals surface area contributed by atoms with Gasteiger partial charge < -0.3 is 14.4 Å². The Balaban J connectivity index is 1.86. The Bertz CT molecular complexity index is 1040. The molecule has 7 nitrogen and oxygen atoms in total. The highest BCUT2D eigenvalue weighted by molar-refractivity contribution is 9.10. The van der Waals surface area contributed by atoms with Crippen LogP contribution >= 0.6 is 15.9 Å². The second-order valence-electron chi connectivity index (χ2n) is 7.09. The molecule has 0 atom stereocenters. The van der Waals surface area contributed by atoms with E-state index in [1.807, 2.05) is 6.07 Å². The minimum atomic E-state index is -3.61. The molecule has 3 rings (SSSR count). The van der Waals surface area contributed by atoms with Crippen LogP contribution in [0.2, 0.25) is 0 Å². The number of amides is 1. The van der Waals surface area contributed by atoms with Crippen LogP contribution in [0.5, 0.6) is 11.5 Å². The minimum Gasteiger partial charge on any atom is -0.497 e. The lowest BCUT2D eigenvalue weighted by molar-refractivity contribution is 0.0783. The summed E-state index contributed by atoms with van der Waals surface area (Å²) in [4.78, 5) is 14.8. The molecule has 0 saturated carbocycles. The van der Waals surface area contributed by atoms with Crippen LogP contribution in [0.25, 0.3) is 0 Å². The van der Waals surface area contributed by atoms with Gasteiger partial charge in [-0.1, -0.05) is 0 Å². The summed E-state index contributed by atoms with van der Waals surface area (Å²) in [5.74, 6) is 0.976. The van der Waals surface area contributed by atoms with Crippen molar-refractivity contribution < 1.29 is 22.7 Å². The van der Waals surface area contributed by atoms with Crippen LogP contribution in [-0.4, -0.2) is 57.9 Å². The van der Waals surface area contributed by atoms with Crippen LogP contribution in [0.1, 0.15) is 28.8 Å². The number of halogens is 1. The molecule has 0 N–H and O–H groups in total. The molecule has 9 heteroatoms. The number of carbonyl (C=O) groups is 1.